The van der Waals surface area contributed by atoms with Gasteiger partial charge in [-0.05, 0) is 6.42 Å². The number of anilines is 1. The number of aromatic nitrogens is 4. The number of hydrogen-bond acceptors (Lipinski definition) is 7. The van der Waals surface area contributed by atoms with Crippen LogP contribution in [0.2, 0.25) is 0 Å². The second-order valence-electron chi connectivity index (χ2n) is 4.81. The van der Waals surface area contributed by atoms with Crippen molar-refractivity contribution < 1.29 is 15.3 Å². The van der Waals surface area contributed by atoms with E-state index in [1.807, 2.05) is 0 Å². The minimum absolute atomic E-state index is 0.168. The lowest BCUT2D eigenvalue weighted by atomic mass is 10.2. The maximum absolute atomic E-state index is 10.1. The van der Waals surface area contributed by atoms with Gasteiger partial charge in [-0.3, -0.25) is 0 Å². The summed E-state index contributed by atoms with van der Waals surface area (Å²) in [4.78, 5) is 12.1. The Morgan fingerprint density at radius 3 is 2.74 bits per heavy atom. The van der Waals surface area contributed by atoms with Gasteiger partial charge in [-0.15, -0.1) is 0 Å². The fourth-order valence-corrected chi connectivity index (χ4v) is 2.67. The summed E-state index contributed by atoms with van der Waals surface area (Å²) < 4.78 is 1.68. The van der Waals surface area contributed by atoms with E-state index < -0.39 is 12.2 Å². The zero-order chi connectivity index (χ0) is 13.6. The SMILES string of the molecule is Nc1ncnc2c1ncn2[C@@H]1C[C@H]([13CH2]O)[C@@H](O)[C@H]1O. The lowest BCUT2D eigenvalue weighted by Gasteiger charge is -2.18. The third kappa shape index (κ3) is 1.76. The molecule has 0 aromatic carbocycles. The highest BCUT2D eigenvalue weighted by molar-refractivity contribution is 5.81. The van der Waals surface area contributed by atoms with E-state index in [9.17, 15) is 15.3 Å². The van der Waals surface area contributed by atoms with Gasteiger partial charge in [0.25, 0.3) is 0 Å². The van der Waals surface area contributed by atoms with E-state index in [4.69, 9.17) is 5.73 Å². The Morgan fingerprint density at radius 1 is 1.26 bits per heavy atom. The number of nitrogen functional groups attached to an aromatic ring is 1. The fraction of sp³-hybridized carbons (Fsp3) is 0.545. The second kappa shape index (κ2) is 4.41. The molecule has 1 saturated carbocycles. The van der Waals surface area contributed by atoms with Crippen LogP contribution in [-0.2, 0) is 0 Å². The molecule has 2 aromatic rings. The van der Waals surface area contributed by atoms with Gasteiger partial charge in [0.2, 0.25) is 0 Å². The maximum Gasteiger partial charge on any atom is 0.165 e. The van der Waals surface area contributed by atoms with Gasteiger partial charge in [0.1, 0.15) is 17.9 Å². The van der Waals surface area contributed by atoms with Crippen molar-refractivity contribution in [3.63, 3.8) is 0 Å². The smallest absolute Gasteiger partial charge is 0.165 e. The number of imidazole rings is 1. The van der Waals surface area contributed by atoms with Crippen molar-refractivity contribution in [2.75, 3.05) is 12.3 Å². The molecule has 19 heavy (non-hydrogen) atoms. The lowest BCUT2D eigenvalue weighted by molar-refractivity contribution is -0.00370. The number of rotatable bonds is 2. The van der Waals surface area contributed by atoms with Crippen molar-refractivity contribution in [2.45, 2.75) is 24.7 Å². The molecule has 4 atom stereocenters. The molecule has 0 spiro atoms. The van der Waals surface area contributed by atoms with Crippen molar-refractivity contribution >= 4 is 17.0 Å². The van der Waals surface area contributed by atoms with E-state index in [0.29, 0.717) is 17.6 Å². The summed E-state index contributed by atoms with van der Waals surface area (Å²) in [6.07, 6.45) is 1.39. The van der Waals surface area contributed by atoms with E-state index in [1.165, 1.54) is 12.7 Å². The minimum atomic E-state index is -0.967. The van der Waals surface area contributed by atoms with Crippen LogP contribution in [0.3, 0.4) is 0 Å². The highest BCUT2D eigenvalue weighted by atomic mass is 16.3. The number of aliphatic hydroxyl groups excluding tert-OH is 3. The Labute approximate surface area is 108 Å². The molecule has 1 aliphatic carbocycles. The van der Waals surface area contributed by atoms with Gasteiger partial charge in [-0.2, -0.15) is 0 Å². The van der Waals surface area contributed by atoms with Crippen molar-refractivity contribution in [2.24, 2.45) is 5.92 Å². The average Bonchev–Trinajstić information content (AvgIpc) is 2.94. The molecule has 0 unspecified atom stereocenters. The molecule has 0 bridgehead atoms. The van der Waals surface area contributed by atoms with Crippen LogP contribution in [0.25, 0.3) is 11.2 Å². The van der Waals surface area contributed by atoms with Gasteiger partial charge in [-0.25, -0.2) is 15.0 Å². The van der Waals surface area contributed by atoms with Crippen LogP contribution in [0.1, 0.15) is 12.5 Å². The molecule has 0 saturated heterocycles. The van der Waals surface area contributed by atoms with Gasteiger partial charge in [0.15, 0.2) is 11.5 Å². The molecule has 8 heteroatoms. The van der Waals surface area contributed by atoms with Crippen molar-refractivity contribution in [1.82, 2.24) is 19.5 Å². The van der Waals surface area contributed by atoms with Crippen molar-refractivity contribution in [1.29, 1.82) is 0 Å². The van der Waals surface area contributed by atoms with Crippen molar-refractivity contribution in [3.05, 3.63) is 12.7 Å². The Kier molecular flexibility index (Phi) is 2.85. The summed E-state index contributed by atoms with van der Waals surface area (Å²) >= 11 is 0. The predicted octanol–water partition coefficient (Wildman–Crippen LogP) is -1.32. The fourth-order valence-electron chi connectivity index (χ4n) is 2.67. The van der Waals surface area contributed by atoms with Crippen LogP contribution >= 0.6 is 0 Å². The minimum Gasteiger partial charge on any atom is -0.396 e. The van der Waals surface area contributed by atoms with Gasteiger partial charge >= 0.3 is 0 Å². The molecule has 0 radical (unpaired) electrons. The molecule has 2 heterocycles. The highest BCUT2D eigenvalue weighted by Gasteiger charge is 2.42. The number of aliphatic hydroxyl groups is 3. The zero-order valence-electron chi connectivity index (χ0n) is 10.1. The summed E-state index contributed by atoms with van der Waals surface area (Å²) in [6, 6.07) is -0.383. The van der Waals surface area contributed by atoms with Crippen LogP contribution in [0.5, 0.6) is 0 Å². The van der Waals surface area contributed by atoms with E-state index >= 15 is 0 Å². The van der Waals surface area contributed by atoms with Crippen LogP contribution in [-0.4, -0.2) is 53.7 Å². The number of fused-ring (bicyclic) bond motifs is 1. The van der Waals surface area contributed by atoms with Crippen LogP contribution in [0.4, 0.5) is 5.82 Å². The Hall–Kier alpha value is -1.77. The molecule has 8 nitrogen and oxygen atoms in total. The standard InChI is InChI=1S/C11H15N5O3/c12-10-7-11(14-3-13-10)16(4-15-7)6-1-5(2-17)8(18)9(6)19/h3-6,8-9,17-19H,1-2H2,(H2,12,13,14)/t5-,6-,8-,9+/m1/s1/i2+1. The van der Waals surface area contributed by atoms with Gasteiger partial charge in [-0.1, -0.05) is 0 Å². The van der Waals surface area contributed by atoms with Gasteiger partial charge in [0, 0.05) is 12.5 Å². The van der Waals surface area contributed by atoms with Crippen LogP contribution in [0, 0.1) is 5.92 Å². The van der Waals surface area contributed by atoms with Crippen LogP contribution in [0.15, 0.2) is 12.7 Å². The monoisotopic (exact) mass is 266 g/mol. The Morgan fingerprint density at radius 2 is 2.05 bits per heavy atom. The third-order valence-electron chi connectivity index (χ3n) is 3.75. The molecule has 5 N–H and O–H groups in total. The summed E-state index contributed by atoms with van der Waals surface area (Å²) in [5.74, 6) is -0.0767. The van der Waals surface area contributed by atoms with Gasteiger partial charge in [0.05, 0.1) is 18.5 Å². The summed E-state index contributed by atoms with van der Waals surface area (Å²) in [5, 5.41) is 29.1. The zero-order valence-corrected chi connectivity index (χ0v) is 10.1. The van der Waals surface area contributed by atoms with E-state index in [1.54, 1.807) is 4.57 Å². The summed E-state index contributed by atoms with van der Waals surface area (Å²) in [5.41, 5.74) is 6.69. The number of nitrogens with two attached hydrogens (primary N) is 1. The Bertz CT molecular complexity index is 601. The largest absolute Gasteiger partial charge is 0.396 e. The molecular weight excluding hydrogens is 251 g/mol. The lowest BCUT2D eigenvalue weighted by Crippen LogP contribution is -2.30. The molecule has 3 rings (SSSR count). The molecule has 1 fully saturated rings. The predicted molar refractivity (Wildman–Crippen MR) is 66.0 cm³/mol. The normalized spacial score (nSPS) is 31.1. The summed E-state index contributed by atoms with van der Waals surface area (Å²) in [7, 11) is 0. The molecule has 0 aliphatic heterocycles. The Balaban J connectivity index is 2.04. The first-order chi connectivity index (χ1) is 9.13. The van der Waals surface area contributed by atoms with E-state index in [2.05, 4.69) is 15.0 Å². The van der Waals surface area contributed by atoms with Crippen LogP contribution < -0.4 is 5.73 Å². The number of nitrogens with zero attached hydrogens (tertiary/aromatic N) is 4. The summed E-state index contributed by atoms with van der Waals surface area (Å²) in [6.45, 7) is -0.168. The molecule has 1 aliphatic rings. The first-order valence-corrected chi connectivity index (χ1v) is 6.03. The topological polar surface area (TPSA) is 130 Å². The molecule has 102 valence electrons. The maximum atomic E-state index is 10.1. The average molecular weight is 266 g/mol. The quantitative estimate of drug-likeness (QED) is 0.496. The first kappa shape index (κ1) is 12.3. The highest BCUT2D eigenvalue weighted by Crippen LogP contribution is 2.36. The molecule has 2 aromatic heterocycles. The molecule has 0 amide bonds. The first-order valence-electron chi connectivity index (χ1n) is 6.03. The molecular formula is C11H15N5O3. The van der Waals surface area contributed by atoms with E-state index in [0.717, 1.165) is 0 Å². The third-order valence-corrected chi connectivity index (χ3v) is 3.75. The van der Waals surface area contributed by atoms with Gasteiger partial charge < -0.3 is 25.6 Å². The van der Waals surface area contributed by atoms with Crippen molar-refractivity contribution in [3.8, 4) is 0 Å². The number of hydrogen-bond donors (Lipinski definition) is 4. The van der Waals surface area contributed by atoms with E-state index in [-0.39, 0.29) is 24.4 Å². The second-order valence-corrected chi connectivity index (χ2v) is 4.81.